The van der Waals surface area contributed by atoms with Crippen LogP contribution in [0.2, 0.25) is 5.54 Å². The minimum absolute atomic E-state index is 0.748. The van der Waals surface area contributed by atoms with Crippen molar-refractivity contribution >= 4 is 8.56 Å². The number of nitrogens with zero attached hydrogens (tertiary/aromatic N) is 3. The van der Waals surface area contributed by atoms with Crippen molar-refractivity contribution in [1.29, 1.82) is 0 Å². The van der Waals surface area contributed by atoms with E-state index in [0.717, 1.165) is 18.6 Å². The second-order valence-corrected chi connectivity index (χ2v) is 9.74. The number of rotatable bonds is 7. The maximum atomic E-state index is 2.68. The summed E-state index contributed by atoms with van der Waals surface area (Å²) < 4.78 is 7.67. The van der Waals surface area contributed by atoms with Crippen LogP contribution in [0.1, 0.15) is 34.1 Å². The van der Waals surface area contributed by atoms with Gasteiger partial charge in [0.05, 0.1) is 0 Å². The Hall–Kier alpha value is 0.0969. The summed E-state index contributed by atoms with van der Waals surface area (Å²) in [6, 6.07) is 0. The zero-order chi connectivity index (χ0) is 12.9. The number of hydrogen-bond donors (Lipinski definition) is 0. The Bertz CT molecular complexity index is 183. The predicted molar refractivity (Wildman–Crippen MR) is 75.8 cm³/mol. The van der Waals surface area contributed by atoms with Crippen LogP contribution in [-0.2, 0) is 0 Å². The third-order valence-electron chi connectivity index (χ3n) is 3.82. The summed E-state index contributed by atoms with van der Waals surface area (Å²) in [4.78, 5) is 0. The molecule has 0 amide bonds. The first-order valence-electron chi connectivity index (χ1n) is 6.49. The first-order chi connectivity index (χ1) is 7.39. The van der Waals surface area contributed by atoms with Crippen LogP contribution in [0.5, 0.6) is 0 Å². The Morgan fingerprint density at radius 1 is 0.875 bits per heavy atom. The molecule has 0 bridgehead atoms. The highest BCUT2D eigenvalue weighted by Crippen LogP contribution is 2.31. The SMILES string of the molecule is CCC(C)[Si](N(C)C)(N(C)C)N(CC)CC. The third-order valence-corrected chi connectivity index (χ3v) is 9.75. The molecule has 16 heavy (non-hydrogen) atoms. The van der Waals surface area contributed by atoms with Gasteiger partial charge in [0.25, 0.3) is 8.56 Å². The minimum atomic E-state index is -1.68. The van der Waals surface area contributed by atoms with Crippen molar-refractivity contribution in [3.63, 3.8) is 0 Å². The molecular formula is C12H31N3Si. The molecule has 3 nitrogen and oxygen atoms in total. The van der Waals surface area contributed by atoms with Crippen LogP contribution in [0.3, 0.4) is 0 Å². The summed E-state index contributed by atoms with van der Waals surface area (Å²) in [6.07, 6.45) is 1.25. The maximum absolute atomic E-state index is 2.68. The lowest BCUT2D eigenvalue weighted by atomic mass is 10.4. The van der Waals surface area contributed by atoms with Gasteiger partial charge >= 0.3 is 0 Å². The Kier molecular flexibility index (Phi) is 6.78. The van der Waals surface area contributed by atoms with E-state index in [4.69, 9.17) is 0 Å². The van der Waals surface area contributed by atoms with Crippen LogP contribution in [0, 0.1) is 0 Å². The first-order valence-corrected chi connectivity index (χ1v) is 8.41. The Labute approximate surface area is 104 Å². The molecule has 0 aliphatic heterocycles. The van der Waals surface area contributed by atoms with Gasteiger partial charge in [-0.1, -0.05) is 34.1 Å². The van der Waals surface area contributed by atoms with Gasteiger partial charge in [-0.15, -0.1) is 0 Å². The molecule has 0 fully saturated rings. The molecule has 4 heteroatoms. The van der Waals surface area contributed by atoms with Gasteiger partial charge in [0.2, 0.25) is 0 Å². The summed E-state index contributed by atoms with van der Waals surface area (Å²) in [7, 11) is 7.30. The van der Waals surface area contributed by atoms with Gasteiger partial charge in [0.15, 0.2) is 0 Å². The summed E-state index contributed by atoms with van der Waals surface area (Å²) in [6.45, 7) is 11.6. The van der Waals surface area contributed by atoms with E-state index in [0.29, 0.717) is 0 Å². The lowest BCUT2D eigenvalue weighted by molar-refractivity contribution is 0.309. The molecule has 0 heterocycles. The van der Waals surface area contributed by atoms with E-state index in [-0.39, 0.29) is 0 Å². The average molecular weight is 245 g/mol. The van der Waals surface area contributed by atoms with Gasteiger partial charge in [-0.25, -0.2) is 0 Å². The van der Waals surface area contributed by atoms with Crippen molar-refractivity contribution in [2.24, 2.45) is 0 Å². The highest BCUT2D eigenvalue weighted by Gasteiger charge is 2.48. The van der Waals surface area contributed by atoms with Crippen molar-refractivity contribution in [3.8, 4) is 0 Å². The van der Waals surface area contributed by atoms with Crippen molar-refractivity contribution < 1.29 is 0 Å². The fourth-order valence-corrected chi connectivity index (χ4v) is 8.92. The first kappa shape index (κ1) is 16.1. The predicted octanol–water partition coefficient (Wildman–Crippen LogP) is 2.19. The Balaban J connectivity index is 5.41. The van der Waals surface area contributed by atoms with Crippen molar-refractivity contribution in [2.45, 2.75) is 39.7 Å². The van der Waals surface area contributed by atoms with E-state index in [2.05, 4.69) is 69.6 Å². The maximum Gasteiger partial charge on any atom is 0.291 e. The van der Waals surface area contributed by atoms with Crippen molar-refractivity contribution in [1.82, 2.24) is 13.7 Å². The van der Waals surface area contributed by atoms with E-state index in [9.17, 15) is 0 Å². The standard InChI is InChI=1S/C12H31N3Si/c1-9-12(4)16(13(5)6,14(7)8)15(10-2)11-3/h12H,9-11H2,1-8H3. The van der Waals surface area contributed by atoms with E-state index in [1.54, 1.807) is 0 Å². The van der Waals surface area contributed by atoms with E-state index >= 15 is 0 Å². The van der Waals surface area contributed by atoms with Gasteiger partial charge in [-0.05, 0) is 46.8 Å². The zero-order valence-electron chi connectivity index (χ0n) is 12.5. The topological polar surface area (TPSA) is 9.72 Å². The van der Waals surface area contributed by atoms with Crippen LogP contribution in [-0.4, -0.2) is 63.5 Å². The molecule has 0 N–H and O–H groups in total. The van der Waals surface area contributed by atoms with Crippen molar-refractivity contribution in [2.75, 3.05) is 41.3 Å². The van der Waals surface area contributed by atoms with E-state index < -0.39 is 8.56 Å². The molecule has 98 valence electrons. The lowest BCUT2D eigenvalue weighted by Gasteiger charge is -2.52. The molecule has 0 aliphatic rings. The Morgan fingerprint density at radius 2 is 1.25 bits per heavy atom. The van der Waals surface area contributed by atoms with Gasteiger partial charge in [0, 0.05) is 0 Å². The number of hydrogen-bond acceptors (Lipinski definition) is 3. The fraction of sp³-hybridized carbons (Fsp3) is 1.00. The second-order valence-electron chi connectivity index (χ2n) is 4.96. The molecule has 0 aromatic carbocycles. The highest BCUT2D eigenvalue weighted by molar-refractivity contribution is 6.73. The van der Waals surface area contributed by atoms with Crippen LogP contribution < -0.4 is 0 Å². The molecule has 0 radical (unpaired) electrons. The lowest BCUT2D eigenvalue weighted by Crippen LogP contribution is -2.73. The summed E-state index contributed by atoms with van der Waals surface area (Å²) in [5, 5.41) is 0. The van der Waals surface area contributed by atoms with E-state index in [1.165, 1.54) is 6.42 Å². The summed E-state index contributed by atoms with van der Waals surface area (Å²) in [5.41, 5.74) is 0.748. The molecular weight excluding hydrogens is 214 g/mol. The average Bonchev–Trinajstić information content (AvgIpc) is 2.23. The van der Waals surface area contributed by atoms with Gasteiger partial charge < -0.3 is 9.13 Å². The fourth-order valence-electron chi connectivity index (χ4n) is 3.12. The van der Waals surface area contributed by atoms with E-state index in [1.807, 2.05) is 0 Å². The highest BCUT2D eigenvalue weighted by atomic mass is 28.4. The Morgan fingerprint density at radius 3 is 1.44 bits per heavy atom. The molecule has 1 unspecified atom stereocenters. The largest absolute Gasteiger partial charge is 0.305 e. The molecule has 0 aromatic heterocycles. The van der Waals surface area contributed by atoms with Crippen LogP contribution in [0.4, 0.5) is 0 Å². The molecule has 0 spiro atoms. The van der Waals surface area contributed by atoms with Crippen LogP contribution >= 0.6 is 0 Å². The van der Waals surface area contributed by atoms with Gasteiger partial charge in [0.1, 0.15) is 0 Å². The smallest absolute Gasteiger partial charge is 0.291 e. The molecule has 0 saturated heterocycles. The van der Waals surface area contributed by atoms with Crippen LogP contribution in [0.15, 0.2) is 0 Å². The van der Waals surface area contributed by atoms with Crippen LogP contribution in [0.25, 0.3) is 0 Å². The normalized spacial score (nSPS) is 15.2. The molecule has 0 rings (SSSR count). The quantitative estimate of drug-likeness (QED) is 0.637. The molecule has 1 atom stereocenters. The minimum Gasteiger partial charge on any atom is -0.305 e. The molecule has 0 aromatic rings. The van der Waals surface area contributed by atoms with Gasteiger partial charge in [-0.2, -0.15) is 0 Å². The zero-order valence-corrected chi connectivity index (χ0v) is 13.5. The van der Waals surface area contributed by atoms with Gasteiger partial charge in [-0.3, -0.25) is 4.57 Å². The molecule has 0 aliphatic carbocycles. The van der Waals surface area contributed by atoms with Crippen molar-refractivity contribution in [3.05, 3.63) is 0 Å². The summed E-state index contributed by atoms with van der Waals surface area (Å²) in [5.74, 6) is 0. The molecule has 0 saturated carbocycles. The second kappa shape index (κ2) is 6.74. The monoisotopic (exact) mass is 245 g/mol. The third kappa shape index (κ3) is 2.67. The summed E-state index contributed by atoms with van der Waals surface area (Å²) >= 11 is 0.